The minimum absolute atomic E-state index is 0.0688. The van der Waals surface area contributed by atoms with E-state index in [4.69, 9.17) is 0 Å². The third-order valence-electron chi connectivity index (χ3n) is 6.14. The van der Waals surface area contributed by atoms with Crippen molar-refractivity contribution in [3.63, 3.8) is 0 Å². The smallest absolute Gasteiger partial charge is 0.324 e. The molecule has 3 rings (SSSR count). The molecule has 1 saturated carbocycles. The maximum absolute atomic E-state index is 12.9. The first-order valence-corrected chi connectivity index (χ1v) is 12.1. The average molecular weight is 451 g/mol. The summed E-state index contributed by atoms with van der Waals surface area (Å²) in [6.45, 7) is 5.88. The number of rotatable bonds is 7. The zero-order valence-electron chi connectivity index (χ0n) is 18.2. The lowest BCUT2D eigenvalue weighted by atomic mass is 9.77. The molecule has 0 aromatic heterocycles. The highest BCUT2D eigenvalue weighted by Crippen LogP contribution is 2.36. The van der Waals surface area contributed by atoms with Crippen LogP contribution >= 0.6 is 0 Å². The Kier molecular flexibility index (Phi) is 6.70. The van der Waals surface area contributed by atoms with Crippen LogP contribution in [0.5, 0.6) is 0 Å². The molecule has 1 heterocycles. The zero-order chi connectivity index (χ0) is 22.8. The van der Waals surface area contributed by atoms with Crippen molar-refractivity contribution >= 4 is 33.6 Å². The van der Waals surface area contributed by atoms with Crippen LogP contribution in [0.3, 0.4) is 0 Å². The molecule has 10 heteroatoms. The number of benzene rings is 1. The minimum atomic E-state index is -3.67. The van der Waals surface area contributed by atoms with E-state index in [0.29, 0.717) is 31.8 Å². The summed E-state index contributed by atoms with van der Waals surface area (Å²) in [4.78, 5) is 38.8. The summed E-state index contributed by atoms with van der Waals surface area (Å²) in [5.41, 5.74) is -0.617. The van der Waals surface area contributed by atoms with Crippen LogP contribution in [-0.4, -0.2) is 60.6 Å². The van der Waals surface area contributed by atoms with Crippen LogP contribution < -0.4 is 10.6 Å². The number of carbonyl (C=O) groups is 3. The second-order valence-corrected chi connectivity index (χ2v) is 10.2. The molecule has 1 aliphatic carbocycles. The Hall–Kier alpha value is -2.46. The number of hydrogen-bond acceptors (Lipinski definition) is 5. The van der Waals surface area contributed by atoms with E-state index in [1.165, 1.54) is 22.5 Å². The van der Waals surface area contributed by atoms with Crippen molar-refractivity contribution in [1.29, 1.82) is 0 Å². The predicted molar refractivity (Wildman–Crippen MR) is 116 cm³/mol. The van der Waals surface area contributed by atoms with Crippen LogP contribution in [0, 0.1) is 5.92 Å². The molecule has 0 bridgehead atoms. The molecule has 170 valence electrons. The molecule has 1 aromatic rings. The molecule has 0 radical (unpaired) electrons. The van der Waals surface area contributed by atoms with Gasteiger partial charge in [-0.1, -0.05) is 26.8 Å². The molecule has 1 aliphatic heterocycles. The molecule has 0 atom stereocenters. The Morgan fingerprint density at radius 3 is 2.48 bits per heavy atom. The van der Waals surface area contributed by atoms with Crippen LogP contribution in [0.15, 0.2) is 29.2 Å². The summed E-state index contributed by atoms with van der Waals surface area (Å²) in [5.74, 6) is -0.424. The summed E-state index contributed by atoms with van der Waals surface area (Å²) in [7, 11) is -3.67. The third kappa shape index (κ3) is 4.59. The number of sulfonamides is 1. The molecule has 1 aromatic carbocycles. The Labute approximate surface area is 183 Å². The van der Waals surface area contributed by atoms with Crippen molar-refractivity contribution in [3.8, 4) is 0 Å². The second-order valence-electron chi connectivity index (χ2n) is 8.25. The summed E-state index contributed by atoms with van der Waals surface area (Å²) in [5, 5.41) is 5.39. The second kappa shape index (κ2) is 8.96. The normalized spacial score (nSPS) is 24.0. The first kappa shape index (κ1) is 23.2. The minimum Gasteiger partial charge on any atom is -0.324 e. The van der Waals surface area contributed by atoms with E-state index in [1.807, 2.05) is 0 Å². The van der Waals surface area contributed by atoms with Gasteiger partial charge in [-0.2, -0.15) is 4.31 Å². The van der Waals surface area contributed by atoms with Crippen molar-refractivity contribution in [2.75, 3.05) is 25.0 Å². The van der Waals surface area contributed by atoms with Gasteiger partial charge in [-0.25, -0.2) is 13.2 Å². The van der Waals surface area contributed by atoms with Crippen molar-refractivity contribution in [2.45, 2.75) is 56.9 Å². The molecule has 31 heavy (non-hydrogen) atoms. The Bertz CT molecular complexity index is 966. The highest BCUT2D eigenvalue weighted by atomic mass is 32.2. The van der Waals surface area contributed by atoms with E-state index in [9.17, 15) is 22.8 Å². The average Bonchev–Trinajstić information content (AvgIpc) is 2.95. The fraction of sp³-hybridized carbons (Fsp3) is 0.571. The number of anilines is 1. The van der Waals surface area contributed by atoms with Crippen LogP contribution in [0.1, 0.15) is 46.5 Å². The molecular formula is C21H30N4O5S. The van der Waals surface area contributed by atoms with Gasteiger partial charge < -0.3 is 10.6 Å². The molecule has 2 fully saturated rings. The van der Waals surface area contributed by atoms with E-state index in [0.717, 1.165) is 17.7 Å². The van der Waals surface area contributed by atoms with Crippen LogP contribution in [-0.2, 0) is 19.6 Å². The van der Waals surface area contributed by atoms with Crippen molar-refractivity contribution < 1.29 is 22.8 Å². The van der Waals surface area contributed by atoms with Crippen molar-refractivity contribution in [3.05, 3.63) is 24.3 Å². The number of carbonyl (C=O) groups excluding carboxylic acids is 3. The van der Waals surface area contributed by atoms with Crippen molar-refractivity contribution in [1.82, 2.24) is 14.5 Å². The number of imide groups is 1. The van der Waals surface area contributed by atoms with Gasteiger partial charge in [-0.05, 0) is 49.8 Å². The number of urea groups is 1. The lowest BCUT2D eigenvalue weighted by Gasteiger charge is -2.33. The van der Waals surface area contributed by atoms with Gasteiger partial charge in [0.15, 0.2) is 0 Å². The van der Waals surface area contributed by atoms with E-state index >= 15 is 0 Å². The molecule has 0 unspecified atom stereocenters. The Morgan fingerprint density at radius 1 is 1.23 bits per heavy atom. The number of hydrogen-bond donors (Lipinski definition) is 2. The summed E-state index contributed by atoms with van der Waals surface area (Å²) in [6, 6.07) is 5.38. The maximum Gasteiger partial charge on any atom is 0.325 e. The lowest BCUT2D eigenvalue weighted by molar-refractivity contribution is -0.135. The number of amides is 4. The number of nitrogens with one attached hydrogen (secondary N) is 2. The molecule has 9 nitrogen and oxygen atoms in total. The van der Waals surface area contributed by atoms with Gasteiger partial charge in [0.1, 0.15) is 12.1 Å². The maximum atomic E-state index is 12.9. The number of nitrogens with zero attached hydrogens (tertiary/aromatic N) is 2. The van der Waals surface area contributed by atoms with E-state index < -0.39 is 34.0 Å². The molecule has 1 spiro atoms. The Balaban J connectivity index is 1.69. The topological polar surface area (TPSA) is 116 Å². The molecule has 1 saturated heterocycles. The van der Waals surface area contributed by atoms with Crippen LogP contribution in [0.25, 0.3) is 0 Å². The van der Waals surface area contributed by atoms with Gasteiger partial charge >= 0.3 is 6.03 Å². The fourth-order valence-corrected chi connectivity index (χ4v) is 5.71. The highest BCUT2D eigenvalue weighted by Gasteiger charge is 2.52. The van der Waals surface area contributed by atoms with Gasteiger partial charge in [-0.3, -0.25) is 14.5 Å². The lowest BCUT2D eigenvalue weighted by Crippen LogP contribution is -2.49. The van der Waals surface area contributed by atoms with Crippen LogP contribution in [0.4, 0.5) is 10.5 Å². The van der Waals surface area contributed by atoms with E-state index in [1.54, 1.807) is 19.9 Å². The quantitative estimate of drug-likeness (QED) is 0.618. The monoisotopic (exact) mass is 450 g/mol. The molecule has 2 N–H and O–H groups in total. The molecular weight excluding hydrogens is 420 g/mol. The van der Waals surface area contributed by atoms with Gasteiger partial charge in [0.05, 0.1) is 4.90 Å². The predicted octanol–water partition coefficient (Wildman–Crippen LogP) is 2.16. The van der Waals surface area contributed by atoms with Crippen LogP contribution in [0.2, 0.25) is 0 Å². The first-order valence-electron chi connectivity index (χ1n) is 10.7. The van der Waals surface area contributed by atoms with Crippen molar-refractivity contribution in [2.24, 2.45) is 5.92 Å². The standard InChI is InChI=1S/C21H30N4O5S/c1-4-24(5-2)31(29,30)17-8-6-7-16(13-17)22-18(26)14-25-19(27)21(23-20(25)28)11-9-15(3)10-12-21/h6-8,13,15H,4-5,9-12,14H2,1-3H3,(H,22,26)(H,23,28). The summed E-state index contributed by atoms with van der Waals surface area (Å²) in [6.07, 6.45) is 2.84. The van der Waals surface area contributed by atoms with E-state index in [-0.39, 0.29) is 16.5 Å². The summed E-state index contributed by atoms with van der Waals surface area (Å²) >= 11 is 0. The highest BCUT2D eigenvalue weighted by molar-refractivity contribution is 7.89. The largest absolute Gasteiger partial charge is 0.325 e. The molecule has 2 aliphatic rings. The fourth-order valence-electron chi connectivity index (χ4n) is 4.20. The van der Waals surface area contributed by atoms with Gasteiger partial charge in [-0.15, -0.1) is 0 Å². The first-order chi connectivity index (χ1) is 14.6. The molecule has 4 amide bonds. The van der Waals surface area contributed by atoms with Gasteiger partial charge in [0.25, 0.3) is 5.91 Å². The summed E-state index contributed by atoms with van der Waals surface area (Å²) < 4.78 is 26.7. The SMILES string of the molecule is CCN(CC)S(=O)(=O)c1cccc(NC(=O)CN2C(=O)NC3(CCC(C)CC3)C2=O)c1. The van der Waals surface area contributed by atoms with Gasteiger partial charge in [0, 0.05) is 18.8 Å². The zero-order valence-corrected chi connectivity index (χ0v) is 19.0. The van der Waals surface area contributed by atoms with E-state index in [2.05, 4.69) is 17.6 Å². The van der Waals surface area contributed by atoms with Gasteiger partial charge in [0.2, 0.25) is 15.9 Å². The third-order valence-corrected chi connectivity index (χ3v) is 8.18. The Morgan fingerprint density at radius 2 is 1.87 bits per heavy atom.